The Morgan fingerprint density at radius 2 is 2.00 bits per heavy atom. The minimum Gasteiger partial charge on any atom is -0.481 e. The number of hydrogen-bond acceptors (Lipinski definition) is 6. The molecule has 1 aromatic rings. The summed E-state index contributed by atoms with van der Waals surface area (Å²) in [4.78, 5) is 7.72. The van der Waals surface area contributed by atoms with Crippen LogP contribution in [0.5, 0.6) is 11.8 Å². The third-order valence-corrected chi connectivity index (χ3v) is 1.59. The minimum atomic E-state index is 0.126. The Morgan fingerprint density at radius 3 is 2.67 bits per heavy atom. The second kappa shape index (κ2) is 6.02. The van der Waals surface area contributed by atoms with Crippen molar-refractivity contribution in [2.75, 3.05) is 32.7 Å². The van der Waals surface area contributed by atoms with Crippen molar-refractivity contribution in [3.8, 4) is 11.8 Å². The number of hydrogen-bond donors (Lipinski definition) is 1. The van der Waals surface area contributed by atoms with Crippen LogP contribution in [0.2, 0.25) is 0 Å². The molecule has 0 unspecified atom stereocenters. The second-order valence-electron chi connectivity index (χ2n) is 2.65. The Labute approximate surface area is 88.4 Å². The zero-order valence-electron chi connectivity index (χ0n) is 8.90. The molecule has 0 saturated heterocycles. The van der Waals surface area contributed by atoms with Crippen LogP contribution in [0.25, 0.3) is 0 Å². The average Bonchev–Trinajstić information content (AvgIpc) is 2.23. The number of ether oxygens (including phenoxy) is 3. The summed E-state index contributed by atoms with van der Waals surface area (Å²) >= 11 is 0. The fourth-order valence-corrected chi connectivity index (χ4v) is 0.949. The van der Waals surface area contributed by atoms with Crippen LogP contribution in [0, 0.1) is 0 Å². The highest BCUT2D eigenvalue weighted by atomic mass is 16.5. The molecule has 6 nitrogen and oxygen atoms in total. The highest BCUT2D eigenvalue weighted by molar-refractivity contribution is 5.29. The van der Waals surface area contributed by atoms with Gasteiger partial charge >= 0.3 is 0 Å². The van der Waals surface area contributed by atoms with Crippen molar-refractivity contribution in [2.24, 2.45) is 0 Å². The molecular formula is C9H15N3O3. The monoisotopic (exact) mass is 213 g/mol. The molecule has 0 aromatic carbocycles. The number of nitrogen functional groups attached to an aromatic ring is 1. The maximum atomic E-state index is 5.45. The zero-order chi connectivity index (χ0) is 11.1. The summed E-state index contributed by atoms with van der Waals surface area (Å²) in [6.07, 6.45) is 0. The van der Waals surface area contributed by atoms with Gasteiger partial charge in [-0.25, -0.2) is 0 Å². The fourth-order valence-electron chi connectivity index (χ4n) is 0.949. The maximum absolute atomic E-state index is 5.45. The average molecular weight is 213 g/mol. The molecule has 84 valence electrons. The minimum absolute atomic E-state index is 0.126. The molecule has 0 aliphatic heterocycles. The smallest absolute Gasteiger partial charge is 0.226 e. The van der Waals surface area contributed by atoms with Gasteiger partial charge in [-0.15, -0.1) is 0 Å². The lowest BCUT2D eigenvalue weighted by Crippen LogP contribution is -2.08. The molecule has 0 atom stereocenters. The van der Waals surface area contributed by atoms with Crippen molar-refractivity contribution >= 4 is 5.95 Å². The highest BCUT2D eigenvalue weighted by Gasteiger charge is 2.02. The molecule has 0 amide bonds. The van der Waals surface area contributed by atoms with Gasteiger partial charge in [0.2, 0.25) is 17.7 Å². The van der Waals surface area contributed by atoms with Crippen molar-refractivity contribution in [1.29, 1.82) is 0 Å². The van der Waals surface area contributed by atoms with Crippen LogP contribution in [0.4, 0.5) is 5.95 Å². The van der Waals surface area contributed by atoms with Gasteiger partial charge in [-0.2, -0.15) is 9.97 Å². The first-order valence-corrected chi connectivity index (χ1v) is 4.65. The molecule has 0 aliphatic rings. The van der Waals surface area contributed by atoms with Crippen LogP contribution in [0.3, 0.4) is 0 Å². The van der Waals surface area contributed by atoms with Gasteiger partial charge in [0.05, 0.1) is 19.8 Å². The number of nitrogens with zero attached hydrogens (tertiary/aromatic N) is 2. The van der Waals surface area contributed by atoms with E-state index in [-0.39, 0.29) is 5.95 Å². The van der Waals surface area contributed by atoms with E-state index in [2.05, 4.69) is 9.97 Å². The van der Waals surface area contributed by atoms with Gasteiger partial charge < -0.3 is 19.9 Å². The summed E-state index contributed by atoms with van der Waals surface area (Å²) in [7, 11) is 1.51. The molecule has 0 saturated carbocycles. The number of rotatable bonds is 6. The van der Waals surface area contributed by atoms with Crippen molar-refractivity contribution < 1.29 is 14.2 Å². The number of nitrogens with two attached hydrogens (primary N) is 1. The molecule has 6 heteroatoms. The topological polar surface area (TPSA) is 79.5 Å². The van der Waals surface area contributed by atoms with Crippen LogP contribution in [0.15, 0.2) is 6.07 Å². The van der Waals surface area contributed by atoms with Gasteiger partial charge in [0, 0.05) is 6.61 Å². The molecule has 0 bridgehead atoms. The van der Waals surface area contributed by atoms with Gasteiger partial charge in [-0.1, -0.05) is 0 Å². The lowest BCUT2D eigenvalue weighted by atomic mass is 10.6. The largest absolute Gasteiger partial charge is 0.481 e. The Bertz CT molecular complexity index is 307. The van der Waals surface area contributed by atoms with E-state index in [0.717, 1.165) is 0 Å². The van der Waals surface area contributed by atoms with Crippen LogP contribution >= 0.6 is 0 Å². The van der Waals surface area contributed by atoms with Gasteiger partial charge in [0.25, 0.3) is 0 Å². The van der Waals surface area contributed by atoms with E-state index in [4.69, 9.17) is 19.9 Å². The predicted octanol–water partition coefficient (Wildman–Crippen LogP) is 0.483. The van der Waals surface area contributed by atoms with E-state index >= 15 is 0 Å². The molecule has 0 spiro atoms. The van der Waals surface area contributed by atoms with E-state index in [9.17, 15) is 0 Å². The molecule has 2 N–H and O–H groups in total. The zero-order valence-corrected chi connectivity index (χ0v) is 8.90. The quantitative estimate of drug-likeness (QED) is 0.692. The summed E-state index contributed by atoms with van der Waals surface area (Å²) < 4.78 is 15.3. The third kappa shape index (κ3) is 3.99. The molecule has 1 rings (SSSR count). The lowest BCUT2D eigenvalue weighted by molar-refractivity contribution is 0.108. The summed E-state index contributed by atoms with van der Waals surface area (Å²) in [5.74, 6) is 0.897. The van der Waals surface area contributed by atoms with E-state index < -0.39 is 0 Å². The molecule has 15 heavy (non-hydrogen) atoms. The first-order valence-electron chi connectivity index (χ1n) is 4.65. The van der Waals surface area contributed by atoms with E-state index in [1.165, 1.54) is 7.11 Å². The SMILES string of the molecule is CCOCCOc1cc(OC)nc(N)n1. The highest BCUT2D eigenvalue weighted by Crippen LogP contribution is 2.15. The Morgan fingerprint density at radius 1 is 1.27 bits per heavy atom. The van der Waals surface area contributed by atoms with Crippen molar-refractivity contribution in [3.05, 3.63) is 6.07 Å². The van der Waals surface area contributed by atoms with E-state index in [0.29, 0.717) is 31.6 Å². The molecular weight excluding hydrogens is 198 g/mol. The third-order valence-electron chi connectivity index (χ3n) is 1.59. The van der Waals surface area contributed by atoms with Gasteiger partial charge in [-0.05, 0) is 6.92 Å². The Balaban J connectivity index is 2.49. The first-order chi connectivity index (χ1) is 7.26. The summed E-state index contributed by atoms with van der Waals surface area (Å²) in [5, 5.41) is 0. The number of methoxy groups -OCH3 is 1. The molecule has 0 aliphatic carbocycles. The molecule has 1 heterocycles. The van der Waals surface area contributed by atoms with Gasteiger partial charge in [0.15, 0.2) is 0 Å². The molecule has 1 aromatic heterocycles. The van der Waals surface area contributed by atoms with E-state index in [1.54, 1.807) is 6.07 Å². The van der Waals surface area contributed by atoms with Crippen LogP contribution < -0.4 is 15.2 Å². The van der Waals surface area contributed by atoms with Crippen molar-refractivity contribution in [3.63, 3.8) is 0 Å². The Kier molecular flexibility index (Phi) is 4.62. The van der Waals surface area contributed by atoms with Crippen LogP contribution in [-0.4, -0.2) is 36.9 Å². The summed E-state index contributed by atoms with van der Waals surface area (Å²) in [6, 6.07) is 1.57. The molecule has 0 radical (unpaired) electrons. The summed E-state index contributed by atoms with van der Waals surface area (Å²) in [6.45, 7) is 3.53. The Hall–Kier alpha value is -1.56. The predicted molar refractivity (Wildman–Crippen MR) is 55.0 cm³/mol. The standard InChI is InChI=1S/C9H15N3O3/c1-3-14-4-5-15-8-6-7(13-2)11-9(10)12-8/h6H,3-5H2,1-2H3,(H2,10,11,12). The molecule has 0 fully saturated rings. The fraction of sp³-hybridized carbons (Fsp3) is 0.556. The van der Waals surface area contributed by atoms with Crippen molar-refractivity contribution in [2.45, 2.75) is 6.92 Å². The first kappa shape index (κ1) is 11.5. The summed E-state index contributed by atoms with van der Waals surface area (Å²) in [5.41, 5.74) is 5.45. The van der Waals surface area contributed by atoms with Crippen LogP contribution in [0.1, 0.15) is 6.92 Å². The number of anilines is 1. The number of aromatic nitrogens is 2. The second-order valence-corrected chi connectivity index (χ2v) is 2.65. The lowest BCUT2D eigenvalue weighted by Gasteiger charge is -2.06. The normalized spacial score (nSPS) is 10.0. The van der Waals surface area contributed by atoms with E-state index in [1.807, 2.05) is 6.92 Å². The van der Waals surface area contributed by atoms with Crippen LogP contribution in [-0.2, 0) is 4.74 Å². The van der Waals surface area contributed by atoms with Crippen molar-refractivity contribution in [1.82, 2.24) is 9.97 Å². The maximum Gasteiger partial charge on any atom is 0.226 e. The van der Waals surface area contributed by atoms with Gasteiger partial charge in [-0.3, -0.25) is 0 Å². The van der Waals surface area contributed by atoms with Gasteiger partial charge in [0.1, 0.15) is 6.61 Å².